The van der Waals surface area contributed by atoms with Crippen molar-refractivity contribution in [1.82, 2.24) is 9.62 Å². The van der Waals surface area contributed by atoms with Crippen LogP contribution in [0.1, 0.15) is 27.9 Å². The van der Waals surface area contributed by atoms with E-state index in [0.29, 0.717) is 35.1 Å². The zero-order valence-electron chi connectivity index (χ0n) is 17.3. The molecular weight excluding hydrogens is 463 g/mol. The van der Waals surface area contributed by atoms with Crippen LogP contribution in [0.5, 0.6) is 11.5 Å². The van der Waals surface area contributed by atoms with Crippen molar-refractivity contribution in [3.63, 3.8) is 0 Å². The third-order valence-electron chi connectivity index (χ3n) is 5.12. The van der Waals surface area contributed by atoms with Gasteiger partial charge in [0.15, 0.2) is 11.5 Å². The lowest BCUT2D eigenvalue weighted by Crippen LogP contribution is -2.38. The molecule has 2 aromatic rings. The quantitative estimate of drug-likeness (QED) is 0.576. The molecule has 7 nitrogen and oxygen atoms in total. The zero-order chi connectivity index (χ0) is 22.6. The number of rotatable bonds is 8. The lowest BCUT2D eigenvalue weighted by Gasteiger charge is -2.29. The van der Waals surface area contributed by atoms with Crippen molar-refractivity contribution in [2.45, 2.75) is 19.4 Å². The summed E-state index contributed by atoms with van der Waals surface area (Å²) < 4.78 is 37.7. The Balaban J connectivity index is 1.56. The number of hydrogen-bond acceptors (Lipinski definition) is 5. The van der Waals surface area contributed by atoms with Gasteiger partial charge in [-0.2, -0.15) is 4.31 Å². The maximum Gasteiger partial charge on any atom is 0.252 e. The number of sulfonamides is 1. The molecule has 0 spiro atoms. The predicted octanol–water partition coefficient (Wildman–Crippen LogP) is 3.52. The third kappa shape index (κ3) is 5.63. The summed E-state index contributed by atoms with van der Waals surface area (Å²) >= 11 is 11.9. The fraction of sp³-hybridized carbons (Fsp3) is 0.381. The van der Waals surface area contributed by atoms with Gasteiger partial charge < -0.3 is 14.8 Å². The highest BCUT2D eigenvalue weighted by molar-refractivity contribution is 7.89. The Morgan fingerprint density at radius 2 is 1.77 bits per heavy atom. The largest absolute Gasteiger partial charge is 0.493 e. The van der Waals surface area contributed by atoms with E-state index in [4.69, 9.17) is 32.7 Å². The molecule has 10 heteroatoms. The molecule has 0 atom stereocenters. The summed E-state index contributed by atoms with van der Waals surface area (Å²) in [6.07, 6.45) is 0.884. The summed E-state index contributed by atoms with van der Waals surface area (Å²) in [5.41, 5.74) is 2.25. The molecule has 0 bridgehead atoms. The number of fused-ring (bicyclic) bond motifs is 1. The normalized spacial score (nSPS) is 14.1. The van der Waals surface area contributed by atoms with Crippen LogP contribution in [0.4, 0.5) is 0 Å². The third-order valence-corrected chi connectivity index (χ3v) is 7.57. The standard InChI is InChI=1S/C21H24Cl2N2O5S/c1-29-19-10-14-6-8-25(13-15(14)11-20(19)30-2)31(27,28)9-3-7-24-21(26)17-5-4-16(22)12-18(17)23/h4-5,10-12H,3,6-9,13H2,1-2H3,(H,24,26). The molecule has 31 heavy (non-hydrogen) atoms. The molecule has 0 aliphatic carbocycles. The van der Waals surface area contributed by atoms with Crippen LogP contribution in [-0.4, -0.2) is 51.7 Å². The smallest absolute Gasteiger partial charge is 0.252 e. The van der Waals surface area contributed by atoms with E-state index in [-0.39, 0.29) is 36.2 Å². The molecule has 0 saturated heterocycles. The van der Waals surface area contributed by atoms with Gasteiger partial charge in [-0.25, -0.2) is 8.42 Å². The maximum absolute atomic E-state index is 12.8. The second kappa shape index (κ2) is 10.1. The molecule has 168 valence electrons. The van der Waals surface area contributed by atoms with Crippen LogP contribution in [-0.2, 0) is 23.0 Å². The first-order chi connectivity index (χ1) is 14.7. The first-order valence-corrected chi connectivity index (χ1v) is 12.1. The van der Waals surface area contributed by atoms with E-state index in [1.165, 1.54) is 16.4 Å². The van der Waals surface area contributed by atoms with Gasteiger partial charge in [0.1, 0.15) is 0 Å². The van der Waals surface area contributed by atoms with Crippen LogP contribution in [0, 0.1) is 0 Å². The Morgan fingerprint density at radius 3 is 2.42 bits per heavy atom. The number of carbonyl (C=O) groups is 1. The highest BCUT2D eigenvalue weighted by atomic mass is 35.5. The first kappa shape index (κ1) is 23.7. The van der Waals surface area contributed by atoms with Gasteiger partial charge in [-0.1, -0.05) is 23.2 Å². The highest BCUT2D eigenvalue weighted by Gasteiger charge is 2.27. The van der Waals surface area contributed by atoms with Crippen LogP contribution in [0.3, 0.4) is 0 Å². The van der Waals surface area contributed by atoms with Crippen molar-refractivity contribution in [3.05, 3.63) is 57.1 Å². The average Bonchev–Trinajstić information content (AvgIpc) is 2.75. The number of benzene rings is 2. The van der Waals surface area contributed by atoms with E-state index in [1.807, 2.05) is 12.1 Å². The molecule has 3 rings (SSSR count). The van der Waals surface area contributed by atoms with Crippen molar-refractivity contribution in [3.8, 4) is 11.5 Å². The van der Waals surface area contributed by atoms with Gasteiger partial charge in [0, 0.05) is 24.7 Å². The minimum atomic E-state index is -3.47. The van der Waals surface area contributed by atoms with Crippen LogP contribution in [0.15, 0.2) is 30.3 Å². The Morgan fingerprint density at radius 1 is 1.10 bits per heavy atom. The van der Waals surface area contributed by atoms with Crippen molar-refractivity contribution in [1.29, 1.82) is 0 Å². The Kier molecular flexibility index (Phi) is 7.69. The molecule has 1 amide bonds. The number of ether oxygens (including phenoxy) is 2. The lowest BCUT2D eigenvalue weighted by atomic mass is 10.0. The molecule has 1 aliphatic heterocycles. The van der Waals surface area contributed by atoms with E-state index >= 15 is 0 Å². The number of hydrogen-bond donors (Lipinski definition) is 1. The molecule has 0 radical (unpaired) electrons. The number of halogens is 2. The molecule has 0 aromatic heterocycles. The molecule has 0 unspecified atom stereocenters. The molecule has 0 fully saturated rings. The minimum Gasteiger partial charge on any atom is -0.493 e. The van der Waals surface area contributed by atoms with Gasteiger partial charge in [-0.3, -0.25) is 4.79 Å². The van der Waals surface area contributed by atoms with E-state index < -0.39 is 10.0 Å². The van der Waals surface area contributed by atoms with E-state index in [1.54, 1.807) is 20.3 Å². The summed E-state index contributed by atoms with van der Waals surface area (Å²) in [5, 5.41) is 3.38. The van der Waals surface area contributed by atoms with Gasteiger partial charge in [0.25, 0.3) is 5.91 Å². The zero-order valence-corrected chi connectivity index (χ0v) is 19.6. The Hall–Kier alpha value is -2.00. The van der Waals surface area contributed by atoms with Gasteiger partial charge in [-0.15, -0.1) is 0 Å². The topological polar surface area (TPSA) is 84.9 Å². The predicted molar refractivity (Wildman–Crippen MR) is 121 cm³/mol. The number of methoxy groups -OCH3 is 2. The Bertz CT molecular complexity index is 1080. The molecule has 0 saturated carbocycles. The Labute approximate surface area is 192 Å². The van der Waals surface area contributed by atoms with Gasteiger partial charge in [0.05, 0.1) is 30.6 Å². The fourth-order valence-electron chi connectivity index (χ4n) is 3.45. The molecule has 1 heterocycles. The van der Waals surface area contributed by atoms with Crippen LogP contribution in [0.2, 0.25) is 10.0 Å². The summed E-state index contributed by atoms with van der Waals surface area (Å²) in [6, 6.07) is 8.32. The van der Waals surface area contributed by atoms with E-state index in [9.17, 15) is 13.2 Å². The summed E-state index contributed by atoms with van der Waals surface area (Å²) in [6.45, 7) is 0.898. The molecular formula is C21H24Cl2N2O5S. The van der Waals surface area contributed by atoms with Gasteiger partial charge in [0.2, 0.25) is 10.0 Å². The van der Waals surface area contributed by atoms with Crippen molar-refractivity contribution in [2.75, 3.05) is 33.1 Å². The molecule has 2 aromatic carbocycles. The van der Waals surface area contributed by atoms with E-state index in [0.717, 1.165) is 11.1 Å². The van der Waals surface area contributed by atoms with Crippen molar-refractivity contribution >= 4 is 39.1 Å². The molecule has 1 N–H and O–H groups in total. The maximum atomic E-state index is 12.8. The number of amides is 1. The van der Waals surface area contributed by atoms with Gasteiger partial charge >= 0.3 is 0 Å². The SMILES string of the molecule is COc1cc2c(cc1OC)CN(S(=O)(=O)CCCNC(=O)c1ccc(Cl)cc1Cl)CC2. The summed E-state index contributed by atoms with van der Waals surface area (Å²) in [4.78, 5) is 12.2. The second-order valence-electron chi connectivity index (χ2n) is 7.11. The highest BCUT2D eigenvalue weighted by Crippen LogP contribution is 2.33. The van der Waals surface area contributed by atoms with Crippen LogP contribution >= 0.6 is 23.2 Å². The number of nitrogens with one attached hydrogen (secondary N) is 1. The number of nitrogens with zero attached hydrogens (tertiary/aromatic N) is 1. The average molecular weight is 487 g/mol. The summed E-state index contributed by atoms with van der Waals surface area (Å²) in [5.74, 6) is 0.773. The first-order valence-electron chi connectivity index (χ1n) is 9.70. The van der Waals surface area contributed by atoms with Crippen LogP contribution in [0.25, 0.3) is 0 Å². The second-order valence-corrected chi connectivity index (χ2v) is 10.0. The monoisotopic (exact) mass is 486 g/mol. The summed E-state index contributed by atoms with van der Waals surface area (Å²) in [7, 11) is -0.350. The van der Waals surface area contributed by atoms with Crippen molar-refractivity contribution in [2.24, 2.45) is 0 Å². The van der Waals surface area contributed by atoms with E-state index in [2.05, 4.69) is 5.32 Å². The van der Waals surface area contributed by atoms with Crippen molar-refractivity contribution < 1.29 is 22.7 Å². The van der Waals surface area contributed by atoms with Gasteiger partial charge in [-0.05, 0) is 54.3 Å². The minimum absolute atomic E-state index is 0.0652. The number of carbonyl (C=O) groups excluding carboxylic acids is 1. The fourth-order valence-corrected chi connectivity index (χ4v) is 5.42. The lowest BCUT2D eigenvalue weighted by molar-refractivity contribution is 0.0954. The molecule has 1 aliphatic rings. The van der Waals surface area contributed by atoms with Crippen LogP contribution < -0.4 is 14.8 Å².